The average Bonchev–Trinajstić information content (AvgIpc) is 2.68. The van der Waals surface area contributed by atoms with E-state index in [-0.39, 0.29) is 6.42 Å². The molecule has 6 nitrogen and oxygen atoms in total. The third kappa shape index (κ3) is 1.93. The van der Waals surface area contributed by atoms with Crippen molar-refractivity contribution in [2.24, 2.45) is 5.41 Å². The third-order valence-corrected chi connectivity index (χ3v) is 3.89. The van der Waals surface area contributed by atoms with Gasteiger partial charge in [0.15, 0.2) is 5.79 Å². The molecule has 0 aromatic heterocycles. The summed E-state index contributed by atoms with van der Waals surface area (Å²) in [6.45, 7) is 5.09. The molecule has 0 radical (unpaired) electrons. The molecule has 0 spiro atoms. The van der Waals surface area contributed by atoms with Gasteiger partial charge in [-0.15, -0.1) is 0 Å². The maximum atomic E-state index is 11.4. The molecule has 1 heterocycles. The van der Waals surface area contributed by atoms with E-state index in [0.717, 1.165) is 0 Å². The van der Waals surface area contributed by atoms with Crippen molar-refractivity contribution in [3.63, 3.8) is 0 Å². The standard InChI is InChI=1S/C12H20O6/c1-11(2)17-7-8(18-11)10(15)12(3,9(7)14)5-6(13)16-4/h7-10,14-15H,5H2,1-4H3/t7-,8+,9+,10-,12?. The Labute approximate surface area is 106 Å². The molecule has 0 amide bonds. The van der Waals surface area contributed by atoms with E-state index in [1.165, 1.54) is 7.11 Å². The van der Waals surface area contributed by atoms with Crippen LogP contribution < -0.4 is 0 Å². The van der Waals surface area contributed by atoms with E-state index in [9.17, 15) is 15.0 Å². The normalized spacial score (nSPS) is 45.9. The van der Waals surface area contributed by atoms with Crippen molar-refractivity contribution < 1.29 is 29.2 Å². The SMILES string of the molecule is COC(=O)CC1(C)[C@H](O)[C@H]2OC(C)(C)O[C@H]2[C@@H]1O. The van der Waals surface area contributed by atoms with Crippen LogP contribution in [0.25, 0.3) is 0 Å². The van der Waals surface area contributed by atoms with Crippen molar-refractivity contribution in [1.29, 1.82) is 0 Å². The molecule has 1 aliphatic carbocycles. The quantitative estimate of drug-likeness (QED) is 0.669. The van der Waals surface area contributed by atoms with Gasteiger partial charge in [0.1, 0.15) is 12.2 Å². The highest BCUT2D eigenvalue weighted by Crippen LogP contribution is 2.49. The molecule has 104 valence electrons. The van der Waals surface area contributed by atoms with Gasteiger partial charge < -0.3 is 24.4 Å². The van der Waals surface area contributed by atoms with Gasteiger partial charge in [-0.3, -0.25) is 4.79 Å². The van der Waals surface area contributed by atoms with Gasteiger partial charge in [-0.25, -0.2) is 0 Å². The van der Waals surface area contributed by atoms with Crippen molar-refractivity contribution in [3.8, 4) is 0 Å². The Bertz CT molecular complexity index is 332. The van der Waals surface area contributed by atoms with Gasteiger partial charge >= 0.3 is 5.97 Å². The average molecular weight is 260 g/mol. The van der Waals surface area contributed by atoms with Crippen LogP contribution in [-0.2, 0) is 19.0 Å². The highest BCUT2D eigenvalue weighted by Gasteiger charge is 2.64. The molecule has 1 saturated heterocycles. The molecule has 1 saturated carbocycles. The minimum atomic E-state index is -1.01. The van der Waals surface area contributed by atoms with E-state index >= 15 is 0 Å². The minimum Gasteiger partial charge on any atom is -0.469 e. The van der Waals surface area contributed by atoms with Crippen molar-refractivity contribution >= 4 is 5.97 Å². The van der Waals surface area contributed by atoms with Gasteiger partial charge in [0, 0.05) is 5.41 Å². The number of carbonyl (C=O) groups excluding carboxylic acids is 1. The van der Waals surface area contributed by atoms with E-state index in [1.807, 2.05) is 0 Å². The van der Waals surface area contributed by atoms with Crippen LogP contribution in [0.3, 0.4) is 0 Å². The number of fused-ring (bicyclic) bond motifs is 1. The summed E-state index contributed by atoms with van der Waals surface area (Å²) >= 11 is 0. The summed E-state index contributed by atoms with van der Waals surface area (Å²) in [7, 11) is 1.27. The first kappa shape index (κ1) is 13.7. The molecule has 0 bridgehead atoms. The molecule has 2 rings (SSSR count). The van der Waals surface area contributed by atoms with E-state index in [4.69, 9.17) is 9.47 Å². The van der Waals surface area contributed by atoms with Crippen LogP contribution in [0.15, 0.2) is 0 Å². The molecular formula is C12H20O6. The number of hydrogen-bond acceptors (Lipinski definition) is 6. The summed E-state index contributed by atoms with van der Waals surface area (Å²) in [5, 5.41) is 20.6. The Morgan fingerprint density at radius 3 is 2.00 bits per heavy atom. The first-order valence-corrected chi connectivity index (χ1v) is 6.00. The van der Waals surface area contributed by atoms with Crippen molar-refractivity contribution in [2.75, 3.05) is 7.11 Å². The maximum Gasteiger partial charge on any atom is 0.306 e. The number of methoxy groups -OCH3 is 1. The fraction of sp³-hybridized carbons (Fsp3) is 0.917. The van der Waals surface area contributed by atoms with Crippen LogP contribution >= 0.6 is 0 Å². The largest absolute Gasteiger partial charge is 0.469 e. The number of rotatable bonds is 2. The van der Waals surface area contributed by atoms with Crippen LogP contribution in [0.2, 0.25) is 0 Å². The maximum absolute atomic E-state index is 11.4. The lowest BCUT2D eigenvalue weighted by Gasteiger charge is -2.33. The molecule has 2 aliphatic rings. The molecule has 0 aromatic carbocycles. The molecule has 5 atom stereocenters. The van der Waals surface area contributed by atoms with Gasteiger partial charge in [-0.05, 0) is 13.8 Å². The van der Waals surface area contributed by atoms with Crippen LogP contribution in [0, 0.1) is 5.41 Å². The number of aliphatic hydroxyl groups excluding tert-OH is 2. The van der Waals surface area contributed by atoms with Crippen LogP contribution in [0.4, 0.5) is 0 Å². The molecular weight excluding hydrogens is 240 g/mol. The lowest BCUT2D eigenvalue weighted by atomic mass is 9.80. The summed E-state index contributed by atoms with van der Waals surface area (Å²) in [6.07, 6.45) is -3.27. The summed E-state index contributed by atoms with van der Waals surface area (Å²) < 4.78 is 15.8. The Balaban J connectivity index is 2.20. The first-order chi connectivity index (χ1) is 8.21. The molecule has 2 N–H and O–H groups in total. The highest BCUT2D eigenvalue weighted by atomic mass is 16.8. The number of aliphatic hydroxyl groups is 2. The monoisotopic (exact) mass is 260 g/mol. The molecule has 0 aromatic rings. The Morgan fingerprint density at radius 2 is 1.61 bits per heavy atom. The highest BCUT2D eigenvalue weighted by molar-refractivity contribution is 5.70. The van der Waals surface area contributed by atoms with Gasteiger partial charge in [0.05, 0.1) is 25.7 Å². The molecule has 18 heavy (non-hydrogen) atoms. The van der Waals surface area contributed by atoms with E-state index < -0.39 is 41.6 Å². The molecule has 6 heteroatoms. The van der Waals surface area contributed by atoms with Crippen molar-refractivity contribution in [2.45, 2.75) is 57.4 Å². The van der Waals surface area contributed by atoms with Crippen LogP contribution in [-0.4, -0.2) is 53.5 Å². The van der Waals surface area contributed by atoms with Crippen molar-refractivity contribution in [1.82, 2.24) is 0 Å². The van der Waals surface area contributed by atoms with E-state index in [0.29, 0.717) is 0 Å². The van der Waals surface area contributed by atoms with E-state index in [2.05, 4.69) is 4.74 Å². The van der Waals surface area contributed by atoms with Crippen LogP contribution in [0.1, 0.15) is 27.2 Å². The summed E-state index contributed by atoms with van der Waals surface area (Å²) in [4.78, 5) is 11.4. The number of esters is 1. The minimum absolute atomic E-state index is 0.0774. The smallest absolute Gasteiger partial charge is 0.306 e. The second kappa shape index (κ2) is 4.16. The Hall–Kier alpha value is -0.690. The zero-order chi connectivity index (χ0) is 13.7. The topological polar surface area (TPSA) is 85.2 Å². The lowest BCUT2D eigenvalue weighted by molar-refractivity contribution is -0.196. The zero-order valence-electron chi connectivity index (χ0n) is 11.0. The molecule has 1 unspecified atom stereocenters. The third-order valence-electron chi connectivity index (χ3n) is 3.89. The van der Waals surface area contributed by atoms with E-state index in [1.54, 1.807) is 20.8 Å². The number of ether oxygens (including phenoxy) is 3. The van der Waals surface area contributed by atoms with Crippen LogP contribution in [0.5, 0.6) is 0 Å². The van der Waals surface area contributed by atoms with Gasteiger partial charge in [-0.1, -0.05) is 6.92 Å². The fourth-order valence-electron chi connectivity index (χ4n) is 2.82. The molecule has 2 fully saturated rings. The summed E-state index contributed by atoms with van der Waals surface area (Å²) in [6, 6.07) is 0. The lowest BCUT2D eigenvalue weighted by Crippen LogP contribution is -2.44. The Morgan fingerprint density at radius 1 is 1.17 bits per heavy atom. The van der Waals surface area contributed by atoms with Crippen molar-refractivity contribution in [3.05, 3.63) is 0 Å². The molecule has 1 aliphatic heterocycles. The van der Waals surface area contributed by atoms with Gasteiger partial charge in [0.25, 0.3) is 0 Å². The predicted molar refractivity (Wildman–Crippen MR) is 60.6 cm³/mol. The second-order valence-electron chi connectivity index (χ2n) is 5.71. The Kier molecular flexibility index (Phi) is 3.18. The fourth-order valence-corrected chi connectivity index (χ4v) is 2.82. The second-order valence-corrected chi connectivity index (χ2v) is 5.71. The zero-order valence-corrected chi connectivity index (χ0v) is 11.0. The summed E-state index contributed by atoms with van der Waals surface area (Å²) in [5.41, 5.74) is -1.01. The number of hydrogen-bond donors (Lipinski definition) is 2. The van der Waals surface area contributed by atoms with Gasteiger partial charge in [0.2, 0.25) is 0 Å². The van der Waals surface area contributed by atoms with Gasteiger partial charge in [-0.2, -0.15) is 0 Å². The first-order valence-electron chi connectivity index (χ1n) is 6.00. The summed E-state index contributed by atoms with van der Waals surface area (Å²) in [5.74, 6) is -1.31. The number of carbonyl (C=O) groups is 1. The predicted octanol–water partition coefficient (Wildman–Crippen LogP) is -0.189.